The molecule has 0 fully saturated rings. The van der Waals surface area contributed by atoms with Gasteiger partial charge in [0, 0.05) is 17.7 Å². The Balaban J connectivity index is 2.34. The molecule has 0 aliphatic heterocycles. The first kappa shape index (κ1) is 20.8. The molecule has 28 heavy (non-hydrogen) atoms. The molecule has 11 nitrogen and oxygen atoms in total. The number of ether oxygens (including phenoxy) is 3. The van der Waals surface area contributed by atoms with Crippen molar-refractivity contribution in [1.82, 2.24) is 4.83 Å². The van der Waals surface area contributed by atoms with Crippen LogP contribution in [-0.4, -0.2) is 46.0 Å². The highest BCUT2D eigenvalue weighted by atomic mass is 32.2. The number of benzene rings is 2. The minimum absolute atomic E-state index is 0.0745. The number of phenolic OH excluding ortho intramolecular Hbond substituents is 1. The Kier molecular flexibility index (Phi) is 6.26. The Labute approximate surface area is 160 Å². The van der Waals surface area contributed by atoms with E-state index in [1.165, 1.54) is 45.6 Å². The average Bonchev–Trinajstić information content (AvgIpc) is 2.68. The molecule has 0 aliphatic rings. The minimum Gasteiger partial charge on any atom is -0.500 e. The zero-order valence-corrected chi connectivity index (χ0v) is 15.9. The van der Waals surface area contributed by atoms with Crippen LogP contribution in [0, 0.1) is 10.1 Å². The van der Waals surface area contributed by atoms with Crippen molar-refractivity contribution in [3.8, 4) is 23.0 Å². The van der Waals surface area contributed by atoms with E-state index >= 15 is 0 Å². The lowest BCUT2D eigenvalue weighted by Gasteiger charge is -2.10. The van der Waals surface area contributed by atoms with E-state index in [9.17, 15) is 23.6 Å². The predicted molar refractivity (Wildman–Crippen MR) is 98.8 cm³/mol. The highest BCUT2D eigenvalue weighted by Crippen LogP contribution is 2.36. The highest BCUT2D eigenvalue weighted by Gasteiger charge is 2.21. The summed E-state index contributed by atoms with van der Waals surface area (Å²) in [7, 11) is -0.208. The molecule has 2 N–H and O–H groups in total. The number of rotatable bonds is 8. The maximum absolute atomic E-state index is 12.5. The molecular formula is C16H17N3O8S. The number of hydrogen-bond acceptors (Lipinski definition) is 9. The predicted octanol–water partition coefficient (Wildman–Crippen LogP) is 1.64. The maximum atomic E-state index is 12.5. The van der Waals surface area contributed by atoms with Gasteiger partial charge in [-0.25, -0.2) is 0 Å². The Morgan fingerprint density at radius 1 is 1.11 bits per heavy atom. The number of methoxy groups -OCH3 is 3. The summed E-state index contributed by atoms with van der Waals surface area (Å²) in [6.07, 6.45) is 1.03. The standard InChI is InChI=1S/C16H17N3O8S/c1-25-11-4-5-13(26-2)15(8-11)28(23,24)18-17-9-10-6-12(19(21)22)16(20)14(7-10)27-3/h4-9,18,20H,1-3H3/b17-9+. The molecule has 0 bridgehead atoms. The second-order valence-corrected chi connectivity index (χ2v) is 6.85. The zero-order chi connectivity index (χ0) is 20.9. The minimum atomic E-state index is -4.12. The van der Waals surface area contributed by atoms with Crippen LogP contribution in [-0.2, 0) is 10.0 Å². The van der Waals surface area contributed by atoms with Crippen molar-refractivity contribution in [3.63, 3.8) is 0 Å². The molecule has 0 heterocycles. The monoisotopic (exact) mass is 411 g/mol. The summed E-state index contributed by atoms with van der Waals surface area (Å²) in [6, 6.07) is 6.48. The van der Waals surface area contributed by atoms with Gasteiger partial charge in [-0.3, -0.25) is 10.1 Å². The van der Waals surface area contributed by atoms with Crippen LogP contribution in [0.25, 0.3) is 0 Å². The molecule has 0 atom stereocenters. The molecule has 0 spiro atoms. The molecule has 0 amide bonds. The molecule has 0 unspecified atom stereocenters. The topological polar surface area (TPSA) is 150 Å². The van der Waals surface area contributed by atoms with Gasteiger partial charge >= 0.3 is 5.69 Å². The van der Waals surface area contributed by atoms with Gasteiger partial charge in [0.1, 0.15) is 16.4 Å². The largest absolute Gasteiger partial charge is 0.500 e. The number of nitrogens with zero attached hydrogens (tertiary/aromatic N) is 2. The molecule has 12 heteroatoms. The third-order valence-corrected chi connectivity index (χ3v) is 4.78. The quantitative estimate of drug-likeness (QED) is 0.378. The van der Waals surface area contributed by atoms with Gasteiger partial charge in [-0.2, -0.15) is 18.4 Å². The fourth-order valence-corrected chi connectivity index (χ4v) is 3.17. The van der Waals surface area contributed by atoms with E-state index in [1.807, 2.05) is 4.83 Å². The van der Waals surface area contributed by atoms with Crippen LogP contribution in [0.2, 0.25) is 0 Å². The first-order chi connectivity index (χ1) is 13.2. The summed E-state index contributed by atoms with van der Waals surface area (Å²) in [5.74, 6) is -0.436. The molecule has 2 rings (SSSR count). The van der Waals surface area contributed by atoms with E-state index in [2.05, 4.69) is 5.10 Å². The van der Waals surface area contributed by atoms with Crippen molar-refractivity contribution in [2.24, 2.45) is 5.10 Å². The summed E-state index contributed by atoms with van der Waals surface area (Å²) in [6.45, 7) is 0. The molecule has 150 valence electrons. The van der Waals surface area contributed by atoms with Crippen LogP contribution >= 0.6 is 0 Å². The summed E-state index contributed by atoms with van der Waals surface area (Å²) in [5.41, 5.74) is -0.486. The number of aromatic hydroxyl groups is 1. The third-order valence-electron chi connectivity index (χ3n) is 3.54. The third kappa shape index (κ3) is 4.40. The zero-order valence-electron chi connectivity index (χ0n) is 15.1. The lowest BCUT2D eigenvalue weighted by Crippen LogP contribution is -2.19. The van der Waals surface area contributed by atoms with Crippen molar-refractivity contribution >= 4 is 21.9 Å². The first-order valence-electron chi connectivity index (χ1n) is 7.55. The molecular weight excluding hydrogens is 394 g/mol. The average molecular weight is 411 g/mol. The normalized spacial score (nSPS) is 11.2. The molecule has 2 aromatic carbocycles. The van der Waals surface area contributed by atoms with Gasteiger partial charge in [0.15, 0.2) is 5.75 Å². The Bertz CT molecular complexity index is 1020. The number of nitro groups is 1. The van der Waals surface area contributed by atoms with Crippen molar-refractivity contribution in [1.29, 1.82) is 0 Å². The number of hydrogen-bond donors (Lipinski definition) is 2. The van der Waals surface area contributed by atoms with E-state index in [-0.39, 0.29) is 22.0 Å². The van der Waals surface area contributed by atoms with Crippen molar-refractivity contribution < 1.29 is 32.7 Å². The highest BCUT2D eigenvalue weighted by molar-refractivity contribution is 7.89. The summed E-state index contributed by atoms with van der Waals surface area (Å²) in [5, 5.41) is 24.4. The molecule has 0 aromatic heterocycles. The molecule has 2 aromatic rings. The Hall–Kier alpha value is -3.54. The summed E-state index contributed by atoms with van der Waals surface area (Å²) in [4.78, 5) is 12.0. The van der Waals surface area contributed by atoms with Crippen LogP contribution in [0.1, 0.15) is 5.56 Å². The molecule has 0 saturated heterocycles. The van der Waals surface area contributed by atoms with Crippen molar-refractivity contribution in [2.75, 3.05) is 21.3 Å². The first-order valence-corrected chi connectivity index (χ1v) is 9.04. The van der Waals surface area contributed by atoms with Crippen LogP contribution in [0.5, 0.6) is 23.0 Å². The van der Waals surface area contributed by atoms with Crippen LogP contribution < -0.4 is 19.0 Å². The molecule has 0 radical (unpaired) electrons. The van der Waals surface area contributed by atoms with Gasteiger partial charge in [0.2, 0.25) is 5.75 Å². The SMILES string of the molecule is COc1ccc(OC)c(S(=O)(=O)N/N=C/c2cc(OC)c(O)c([N+](=O)[O-])c2)c1. The second kappa shape index (κ2) is 8.43. The van der Waals surface area contributed by atoms with Crippen LogP contribution in [0.15, 0.2) is 40.3 Å². The van der Waals surface area contributed by atoms with E-state index in [0.29, 0.717) is 5.75 Å². The number of nitrogens with one attached hydrogen (secondary N) is 1. The van der Waals surface area contributed by atoms with Crippen molar-refractivity contribution in [2.45, 2.75) is 4.90 Å². The summed E-state index contributed by atoms with van der Waals surface area (Å²) < 4.78 is 39.9. The maximum Gasteiger partial charge on any atom is 0.315 e. The van der Waals surface area contributed by atoms with E-state index < -0.39 is 26.4 Å². The van der Waals surface area contributed by atoms with Crippen LogP contribution in [0.4, 0.5) is 5.69 Å². The van der Waals surface area contributed by atoms with E-state index in [1.54, 1.807) is 0 Å². The number of sulfonamides is 1. The second-order valence-electron chi connectivity index (χ2n) is 5.22. The lowest BCUT2D eigenvalue weighted by molar-refractivity contribution is -0.386. The van der Waals surface area contributed by atoms with Crippen LogP contribution in [0.3, 0.4) is 0 Å². The van der Waals surface area contributed by atoms with Gasteiger partial charge in [-0.1, -0.05) is 0 Å². The van der Waals surface area contributed by atoms with Crippen molar-refractivity contribution in [3.05, 3.63) is 46.0 Å². The number of hydrazone groups is 1. The van der Waals surface area contributed by atoms with Gasteiger partial charge in [-0.05, 0) is 18.2 Å². The smallest absolute Gasteiger partial charge is 0.315 e. The fourth-order valence-electron chi connectivity index (χ4n) is 2.20. The van der Waals surface area contributed by atoms with Gasteiger partial charge in [-0.15, -0.1) is 0 Å². The summed E-state index contributed by atoms with van der Waals surface area (Å²) >= 11 is 0. The Morgan fingerprint density at radius 2 is 1.79 bits per heavy atom. The fraction of sp³-hybridized carbons (Fsp3) is 0.188. The van der Waals surface area contributed by atoms with E-state index in [0.717, 1.165) is 12.3 Å². The van der Waals surface area contributed by atoms with Gasteiger partial charge in [0.05, 0.1) is 32.5 Å². The van der Waals surface area contributed by atoms with Gasteiger partial charge in [0.25, 0.3) is 10.0 Å². The Morgan fingerprint density at radius 3 is 2.36 bits per heavy atom. The molecule has 0 aliphatic carbocycles. The van der Waals surface area contributed by atoms with Gasteiger partial charge < -0.3 is 19.3 Å². The lowest BCUT2D eigenvalue weighted by atomic mass is 10.2. The molecule has 0 saturated carbocycles. The number of nitro benzene ring substituents is 1. The van der Waals surface area contributed by atoms with E-state index in [4.69, 9.17) is 14.2 Å². The number of phenols is 1.